The molecule has 2 nitrogen and oxygen atoms in total. The third-order valence-electron chi connectivity index (χ3n) is 1.20. The molecular formula is C8H18Br4N2. The minimum absolute atomic E-state index is 0. The second kappa shape index (κ2) is 11.1. The lowest BCUT2D eigenvalue weighted by atomic mass is 10.4. The maximum absolute atomic E-state index is 3.54. The van der Waals surface area contributed by atoms with Gasteiger partial charge in [0.25, 0.3) is 0 Å². The van der Waals surface area contributed by atoms with Crippen LogP contribution in [0.2, 0.25) is 0 Å². The van der Waals surface area contributed by atoms with Gasteiger partial charge in [-0.3, -0.25) is 0 Å². The molecule has 0 aromatic rings. The molecule has 0 N–H and O–H groups in total. The van der Waals surface area contributed by atoms with E-state index in [9.17, 15) is 0 Å². The second-order valence-corrected chi connectivity index (χ2v) is 5.20. The van der Waals surface area contributed by atoms with Crippen molar-refractivity contribution >= 4 is 65.8 Å². The summed E-state index contributed by atoms with van der Waals surface area (Å²) >= 11 is 7.07. The van der Waals surface area contributed by atoms with E-state index in [4.69, 9.17) is 0 Å². The second-order valence-electron chi connectivity index (χ2n) is 3.29. The summed E-state index contributed by atoms with van der Waals surface area (Å²) in [5.74, 6) is 0. The fourth-order valence-corrected chi connectivity index (χ4v) is 1.98. The van der Waals surface area contributed by atoms with Crippen LogP contribution in [0.1, 0.15) is 0 Å². The highest BCUT2D eigenvalue weighted by Crippen LogP contribution is 2.18. The summed E-state index contributed by atoms with van der Waals surface area (Å²) in [6.07, 6.45) is 0. The molecule has 0 amide bonds. The molecule has 6 heteroatoms. The zero-order valence-corrected chi connectivity index (χ0v) is 15.5. The lowest BCUT2D eigenvalue weighted by molar-refractivity contribution is 0.440. The van der Waals surface area contributed by atoms with Crippen LogP contribution >= 0.6 is 65.8 Å². The number of likely N-dealkylation sites (N-methyl/N-ethyl adjacent to an activating group) is 2. The largest absolute Gasteiger partial charge is 0.305 e. The fraction of sp³-hybridized carbons (Fsp3) is 0.750. The summed E-state index contributed by atoms with van der Waals surface area (Å²) < 4.78 is 2.42. The van der Waals surface area contributed by atoms with Gasteiger partial charge in [0.05, 0.1) is 0 Å². The molecule has 0 aliphatic rings. The van der Waals surface area contributed by atoms with Gasteiger partial charge in [-0.25, -0.2) is 0 Å². The molecule has 88 valence electrons. The van der Waals surface area contributed by atoms with E-state index in [1.165, 1.54) is 8.96 Å². The van der Waals surface area contributed by atoms with Crippen LogP contribution < -0.4 is 0 Å². The van der Waals surface area contributed by atoms with Gasteiger partial charge in [0.1, 0.15) is 0 Å². The van der Waals surface area contributed by atoms with Crippen LogP contribution in [0.15, 0.2) is 8.96 Å². The van der Waals surface area contributed by atoms with Crippen molar-refractivity contribution in [2.75, 3.05) is 41.3 Å². The topological polar surface area (TPSA) is 6.48 Å². The molecule has 0 unspecified atom stereocenters. The molecule has 0 saturated carbocycles. The molecule has 0 fully saturated rings. The van der Waals surface area contributed by atoms with Gasteiger partial charge in [0, 0.05) is 22.1 Å². The highest BCUT2D eigenvalue weighted by molar-refractivity contribution is 9.14. The number of rotatable bonds is 4. The average Bonchev–Trinajstić information content (AvgIpc) is 1.84. The van der Waals surface area contributed by atoms with Crippen molar-refractivity contribution in [1.29, 1.82) is 0 Å². The summed E-state index contributed by atoms with van der Waals surface area (Å²) in [5.41, 5.74) is 0. The van der Waals surface area contributed by atoms with Crippen molar-refractivity contribution in [2.24, 2.45) is 0 Å². The third kappa shape index (κ3) is 11.7. The first-order valence-electron chi connectivity index (χ1n) is 3.76. The van der Waals surface area contributed by atoms with Gasteiger partial charge >= 0.3 is 0 Å². The molecule has 0 rings (SSSR count). The van der Waals surface area contributed by atoms with Gasteiger partial charge < -0.3 is 9.80 Å². The van der Waals surface area contributed by atoms with E-state index < -0.39 is 0 Å². The van der Waals surface area contributed by atoms with Crippen LogP contribution in [-0.4, -0.2) is 51.1 Å². The van der Waals surface area contributed by atoms with Crippen molar-refractivity contribution in [3.05, 3.63) is 8.96 Å². The predicted octanol–water partition coefficient (Wildman–Crippen LogP) is 3.27. The van der Waals surface area contributed by atoms with Crippen LogP contribution in [0.25, 0.3) is 0 Å². The van der Waals surface area contributed by atoms with Crippen molar-refractivity contribution in [2.45, 2.75) is 0 Å². The van der Waals surface area contributed by atoms with Crippen LogP contribution in [0.3, 0.4) is 0 Å². The lowest BCUT2D eigenvalue weighted by Gasteiger charge is -2.13. The molecule has 0 bridgehead atoms. The molecule has 0 aromatic heterocycles. The number of hydrogen-bond acceptors (Lipinski definition) is 2. The standard InChI is InChI=1S/C8H16Br2N2.2BrH/c1-11(2)5-7(9)8(10)6-12(3)4;;/h5-6H2,1-4H3;2*1H. The number of halogens is 4. The van der Waals surface area contributed by atoms with Gasteiger partial charge in [-0.05, 0) is 28.2 Å². The monoisotopic (exact) mass is 458 g/mol. The van der Waals surface area contributed by atoms with E-state index in [0.29, 0.717) is 0 Å². The summed E-state index contributed by atoms with van der Waals surface area (Å²) in [4.78, 5) is 4.25. The first-order chi connectivity index (χ1) is 5.43. The maximum atomic E-state index is 3.54. The van der Waals surface area contributed by atoms with Crippen molar-refractivity contribution in [3.63, 3.8) is 0 Å². The van der Waals surface area contributed by atoms with E-state index >= 15 is 0 Å². The molecule has 0 aliphatic heterocycles. The molecule has 0 spiro atoms. The highest BCUT2D eigenvalue weighted by atomic mass is 79.9. The maximum Gasteiger partial charge on any atom is 0.0302 e. The van der Waals surface area contributed by atoms with E-state index in [1.807, 2.05) is 0 Å². The van der Waals surface area contributed by atoms with Crippen LogP contribution in [-0.2, 0) is 0 Å². The molecule has 0 atom stereocenters. The van der Waals surface area contributed by atoms with Crippen LogP contribution in [0.4, 0.5) is 0 Å². The van der Waals surface area contributed by atoms with Crippen molar-refractivity contribution in [1.82, 2.24) is 9.80 Å². The van der Waals surface area contributed by atoms with Gasteiger partial charge in [0.15, 0.2) is 0 Å². The minimum Gasteiger partial charge on any atom is -0.305 e. The minimum atomic E-state index is 0. The van der Waals surface area contributed by atoms with Gasteiger partial charge in [0.2, 0.25) is 0 Å². The van der Waals surface area contributed by atoms with E-state index in [-0.39, 0.29) is 34.0 Å². The van der Waals surface area contributed by atoms with Crippen molar-refractivity contribution in [3.8, 4) is 0 Å². The Labute approximate surface area is 125 Å². The van der Waals surface area contributed by atoms with E-state index in [0.717, 1.165) is 13.1 Å². The predicted molar refractivity (Wildman–Crippen MR) is 82.6 cm³/mol. The third-order valence-corrected chi connectivity index (χ3v) is 3.20. The fourth-order valence-electron chi connectivity index (χ4n) is 0.727. The van der Waals surface area contributed by atoms with Crippen molar-refractivity contribution < 1.29 is 0 Å². The SMILES string of the molecule is Br.Br.CN(C)CC(Br)=C(Br)CN(C)C. The summed E-state index contributed by atoms with van der Waals surface area (Å²) in [5, 5.41) is 0. The molecule has 0 saturated heterocycles. The molecule has 0 aliphatic carbocycles. The van der Waals surface area contributed by atoms with Gasteiger partial charge in [-0.2, -0.15) is 0 Å². The Hall–Kier alpha value is 1.58. The Bertz CT molecular complexity index is 151. The smallest absolute Gasteiger partial charge is 0.0302 e. The Morgan fingerprint density at radius 2 is 1.00 bits per heavy atom. The quantitative estimate of drug-likeness (QED) is 0.634. The Morgan fingerprint density at radius 3 is 1.14 bits per heavy atom. The number of hydrogen-bond donors (Lipinski definition) is 0. The summed E-state index contributed by atoms with van der Waals surface area (Å²) in [7, 11) is 8.21. The summed E-state index contributed by atoms with van der Waals surface area (Å²) in [6, 6.07) is 0. The van der Waals surface area contributed by atoms with Crippen LogP contribution in [0, 0.1) is 0 Å². The molecule has 0 heterocycles. The molecule has 14 heavy (non-hydrogen) atoms. The normalized spacial score (nSPS) is 12.0. The summed E-state index contributed by atoms with van der Waals surface area (Å²) in [6.45, 7) is 1.88. The van der Waals surface area contributed by atoms with Crippen LogP contribution in [0.5, 0.6) is 0 Å². The average molecular weight is 462 g/mol. The van der Waals surface area contributed by atoms with Gasteiger partial charge in [-0.15, -0.1) is 34.0 Å². The van der Waals surface area contributed by atoms with Gasteiger partial charge in [-0.1, -0.05) is 31.9 Å². The first-order valence-corrected chi connectivity index (χ1v) is 5.34. The van der Waals surface area contributed by atoms with E-state index in [2.05, 4.69) is 69.9 Å². The Kier molecular flexibility index (Phi) is 16.6. The molecule has 0 radical (unpaired) electrons. The molecular weight excluding hydrogens is 444 g/mol. The first kappa shape index (κ1) is 20.9. The Morgan fingerprint density at radius 1 is 0.786 bits per heavy atom. The zero-order chi connectivity index (χ0) is 9.72. The number of nitrogens with zero attached hydrogens (tertiary/aromatic N) is 2. The lowest BCUT2D eigenvalue weighted by Crippen LogP contribution is -2.17. The van der Waals surface area contributed by atoms with E-state index in [1.54, 1.807) is 0 Å². The molecule has 0 aromatic carbocycles. The highest BCUT2D eigenvalue weighted by Gasteiger charge is 2.02. The Balaban J connectivity index is -0.000000605. The zero-order valence-electron chi connectivity index (χ0n) is 8.88.